The second-order valence-electron chi connectivity index (χ2n) is 5.13. The van der Waals surface area contributed by atoms with Gasteiger partial charge in [-0.25, -0.2) is 0 Å². The zero-order valence-electron chi connectivity index (χ0n) is 12.6. The minimum atomic E-state index is -1.35. The molecule has 0 aliphatic carbocycles. The minimum Gasteiger partial charge on any atom is -0.542 e. The number of carbonyl (C=O) groups is 1. The third-order valence-corrected chi connectivity index (χ3v) is 3.60. The molecule has 122 valence electrons. The van der Waals surface area contributed by atoms with Crippen LogP contribution in [0.1, 0.15) is 27.4 Å². The van der Waals surface area contributed by atoms with Crippen LogP contribution >= 0.6 is 11.6 Å². The lowest BCUT2D eigenvalue weighted by molar-refractivity contribution is -0.257. The Morgan fingerprint density at radius 1 is 1.25 bits per heavy atom. The number of ether oxygens (including phenoxy) is 1. The molecule has 1 aromatic carbocycles. The Balaban J connectivity index is 1.78. The summed E-state index contributed by atoms with van der Waals surface area (Å²) in [6, 6.07) is 12.0. The Kier molecular flexibility index (Phi) is 4.82. The smallest absolute Gasteiger partial charge is 0.149 e. The SMILES string of the molecule is O=C([O-])c1ccc(Cc2cc(Cl)ccc2OCc2cccnc2)o1. The molecule has 0 bridgehead atoms. The van der Waals surface area contributed by atoms with Crippen molar-refractivity contribution in [1.82, 2.24) is 4.98 Å². The molecule has 2 heterocycles. The van der Waals surface area contributed by atoms with Crippen LogP contribution < -0.4 is 9.84 Å². The summed E-state index contributed by atoms with van der Waals surface area (Å²) < 4.78 is 11.1. The van der Waals surface area contributed by atoms with Crippen LogP contribution in [0.25, 0.3) is 0 Å². The van der Waals surface area contributed by atoms with E-state index < -0.39 is 5.97 Å². The molecule has 0 unspecified atom stereocenters. The first-order chi connectivity index (χ1) is 11.6. The number of halogens is 1. The summed E-state index contributed by atoms with van der Waals surface area (Å²) >= 11 is 6.06. The van der Waals surface area contributed by atoms with Gasteiger partial charge < -0.3 is 19.1 Å². The highest BCUT2D eigenvalue weighted by molar-refractivity contribution is 6.30. The number of hydrogen-bond acceptors (Lipinski definition) is 5. The fraction of sp³-hybridized carbons (Fsp3) is 0.111. The molecule has 0 amide bonds. The third-order valence-electron chi connectivity index (χ3n) is 3.37. The molecule has 2 aromatic heterocycles. The summed E-state index contributed by atoms with van der Waals surface area (Å²) in [5.74, 6) is -0.414. The normalized spacial score (nSPS) is 10.5. The number of carboxylic acid groups (broad SMARTS) is 1. The van der Waals surface area contributed by atoms with E-state index in [1.807, 2.05) is 12.1 Å². The Morgan fingerprint density at radius 3 is 2.83 bits per heavy atom. The van der Waals surface area contributed by atoms with Crippen LogP contribution in [0.15, 0.2) is 59.3 Å². The topological polar surface area (TPSA) is 75.4 Å². The molecule has 0 aliphatic rings. The quantitative estimate of drug-likeness (QED) is 0.688. The Bertz CT molecular complexity index is 845. The van der Waals surface area contributed by atoms with E-state index in [0.29, 0.717) is 29.6 Å². The molecule has 0 atom stereocenters. The average Bonchev–Trinajstić information content (AvgIpc) is 3.04. The van der Waals surface area contributed by atoms with Gasteiger partial charge in [-0.3, -0.25) is 4.98 Å². The average molecular weight is 343 g/mol. The molecule has 3 aromatic rings. The summed E-state index contributed by atoms with van der Waals surface area (Å²) in [6.45, 7) is 0.366. The van der Waals surface area contributed by atoms with Gasteiger partial charge in [0.05, 0.1) is 0 Å². The Labute approximate surface area is 143 Å². The summed E-state index contributed by atoms with van der Waals surface area (Å²) in [6.07, 6.45) is 3.79. The van der Waals surface area contributed by atoms with Gasteiger partial charge >= 0.3 is 0 Å². The van der Waals surface area contributed by atoms with Crippen molar-refractivity contribution in [2.24, 2.45) is 0 Å². The van der Waals surface area contributed by atoms with Crippen LogP contribution in [-0.4, -0.2) is 11.0 Å². The number of carboxylic acids is 1. The largest absolute Gasteiger partial charge is 0.542 e. The van der Waals surface area contributed by atoms with Crippen LogP contribution in [0.3, 0.4) is 0 Å². The van der Waals surface area contributed by atoms with Crippen molar-refractivity contribution in [2.45, 2.75) is 13.0 Å². The molecular weight excluding hydrogens is 330 g/mol. The van der Waals surface area contributed by atoms with Gasteiger partial charge in [0, 0.05) is 35.0 Å². The summed E-state index contributed by atoms with van der Waals surface area (Å²) in [5, 5.41) is 11.4. The molecule has 0 spiro atoms. The standard InChI is InChI=1S/C18H14ClNO4/c19-14-3-5-16(23-11-12-2-1-7-20-10-12)13(8-14)9-15-4-6-17(24-15)18(21)22/h1-8,10H,9,11H2,(H,21,22)/p-1. The maximum Gasteiger partial charge on any atom is 0.149 e. The molecule has 0 fully saturated rings. The molecule has 6 heteroatoms. The fourth-order valence-electron chi connectivity index (χ4n) is 2.24. The van der Waals surface area contributed by atoms with Crippen molar-refractivity contribution in [3.63, 3.8) is 0 Å². The number of aromatic carboxylic acids is 1. The van der Waals surface area contributed by atoms with E-state index >= 15 is 0 Å². The van der Waals surface area contributed by atoms with Crippen molar-refractivity contribution in [2.75, 3.05) is 0 Å². The van der Waals surface area contributed by atoms with Gasteiger partial charge in [-0.2, -0.15) is 0 Å². The van der Waals surface area contributed by atoms with E-state index in [2.05, 4.69) is 4.98 Å². The first kappa shape index (κ1) is 16.1. The zero-order chi connectivity index (χ0) is 16.9. The molecule has 0 radical (unpaired) electrons. The lowest BCUT2D eigenvalue weighted by atomic mass is 10.1. The van der Waals surface area contributed by atoms with E-state index in [1.54, 1.807) is 36.7 Å². The number of furan rings is 1. The van der Waals surface area contributed by atoms with Gasteiger partial charge in [0.15, 0.2) is 0 Å². The molecule has 0 saturated carbocycles. The van der Waals surface area contributed by atoms with Crippen LogP contribution in [0.4, 0.5) is 0 Å². The number of pyridine rings is 1. The number of rotatable bonds is 6. The van der Waals surface area contributed by atoms with E-state index in [9.17, 15) is 9.90 Å². The number of nitrogens with zero attached hydrogens (tertiary/aromatic N) is 1. The maximum absolute atomic E-state index is 10.8. The number of hydrogen-bond donors (Lipinski definition) is 0. The predicted octanol–water partition coefficient (Wildman–Crippen LogP) is 2.86. The molecule has 0 aliphatic heterocycles. The van der Waals surface area contributed by atoms with E-state index in [0.717, 1.165) is 11.1 Å². The number of benzene rings is 1. The Morgan fingerprint density at radius 2 is 2.12 bits per heavy atom. The van der Waals surface area contributed by atoms with Gasteiger partial charge in [0.2, 0.25) is 0 Å². The van der Waals surface area contributed by atoms with Crippen molar-refractivity contribution in [1.29, 1.82) is 0 Å². The van der Waals surface area contributed by atoms with E-state index in [-0.39, 0.29) is 5.76 Å². The summed E-state index contributed by atoms with van der Waals surface area (Å²) in [7, 11) is 0. The molecule has 0 N–H and O–H groups in total. The highest BCUT2D eigenvalue weighted by atomic mass is 35.5. The highest BCUT2D eigenvalue weighted by Crippen LogP contribution is 2.27. The number of carbonyl (C=O) groups excluding carboxylic acids is 1. The van der Waals surface area contributed by atoms with Crippen molar-refractivity contribution < 1.29 is 19.1 Å². The molecule has 24 heavy (non-hydrogen) atoms. The second kappa shape index (κ2) is 7.19. The van der Waals surface area contributed by atoms with Crippen LogP contribution in [0.2, 0.25) is 5.02 Å². The molecule has 0 saturated heterocycles. The van der Waals surface area contributed by atoms with Crippen LogP contribution in [-0.2, 0) is 13.0 Å². The predicted molar refractivity (Wildman–Crippen MR) is 85.9 cm³/mol. The van der Waals surface area contributed by atoms with E-state index in [1.165, 1.54) is 6.07 Å². The molecule has 5 nitrogen and oxygen atoms in total. The van der Waals surface area contributed by atoms with Gasteiger partial charge in [-0.05, 0) is 36.4 Å². The highest BCUT2D eigenvalue weighted by Gasteiger charge is 2.10. The third kappa shape index (κ3) is 3.94. The minimum absolute atomic E-state index is 0.204. The zero-order valence-corrected chi connectivity index (χ0v) is 13.3. The van der Waals surface area contributed by atoms with Crippen LogP contribution in [0, 0.1) is 0 Å². The van der Waals surface area contributed by atoms with Gasteiger partial charge in [-0.15, -0.1) is 0 Å². The van der Waals surface area contributed by atoms with E-state index in [4.69, 9.17) is 20.8 Å². The van der Waals surface area contributed by atoms with Gasteiger partial charge in [0.1, 0.15) is 29.8 Å². The fourth-order valence-corrected chi connectivity index (χ4v) is 2.44. The van der Waals surface area contributed by atoms with Gasteiger partial charge in [0.25, 0.3) is 0 Å². The molecular formula is C18H13ClNO4-. The lowest BCUT2D eigenvalue weighted by Gasteiger charge is -2.11. The first-order valence-corrected chi connectivity index (χ1v) is 7.60. The monoisotopic (exact) mass is 342 g/mol. The lowest BCUT2D eigenvalue weighted by Crippen LogP contribution is -2.21. The van der Waals surface area contributed by atoms with Crippen molar-refractivity contribution >= 4 is 17.6 Å². The summed E-state index contributed by atoms with van der Waals surface area (Å²) in [4.78, 5) is 14.8. The number of aromatic nitrogens is 1. The Hall–Kier alpha value is -2.79. The second-order valence-corrected chi connectivity index (χ2v) is 5.57. The first-order valence-electron chi connectivity index (χ1n) is 7.22. The van der Waals surface area contributed by atoms with Crippen molar-refractivity contribution in [3.05, 3.63) is 82.5 Å². The van der Waals surface area contributed by atoms with Crippen molar-refractivity contribution in [3.8, 4) is 5.75 Å². The summed E-state index contributed by atoms with van der Waals surface area (Å²) in [5.41, 5.74) is 1.74. The molecule has 3 rings (SSSR count). The maximum atomic E-state index is 10.8. The van der Waals surface area contributed by atoms with Crippen LogP contribution in [0.5, 0.6) is 5.75 Å². The van der Waals surface area contributed by atoms with Gasteiger partial charge in [-0.1, -0.05) is 17.7 Å².